The van der Waals surface area contributed by atoms with E-state index < -0.39 is 0 Å². The van der Waals surface area contributed by atoms with E-state index in [4.69, 9.17) is 5.73 Å². The molecule has 2 rings (SSSR count). The summed E-state index contributed by atoms with van der Waals surface area (Å²) in [5.41, 5.74) is 6.23. The van der Waals surface area contributed by atoms with Gasteiger partial charge in [-0.3, -0.25) is 4.79 Å². The molecule has 0 saturated carbocycles. The highest BCUT2D eigenvalue weighted by Crippen LogP contribution is 2.23. The number of hydrogen-bond donors (Lipinski definition) is 1. The van der Waals surface area contributed by atoms with Crippen LogP contribution in [0.15, 0.2) is 18.5 Å². The van der Waals surface area contributed by atoms with E-state index >= 15 is 0 Å². The Morgan fingerprint density at radius 3 is 3.00 bits per heavy atom. The molecule has 1 aromatic heterocycles. The zero-order chi connectivity index (χ0) is 11.5. The third-order valence-corrected chi connectivity index (χ3v) is 3.09. The van der Waals surface area contributed by atoms with E-state index in [2.05, 4.69) is 17.1 Å². The zero-order valence-corrected chi connectivity index (χ0v) is 9.34. The van der Waals surface area contributed by atoms with Crippen molar-refractivity contribution >= 4 is 5.91 Å². The number of nitrogens with zero attached hydrogens (tertiary/aromatic N) is 3. The van der Waals surface area contributed by atoms with Crippen molar-refractivity contribution in [3.05, 3.63) is 24.0 Å². The molecule has 0 radical (unpaired) electrons. The van der Waals surface area contributed by atoms with Gasteiger partial charge in [0.1, 0.15) is 0 Å². The highest BCUT2D eigenvalue weighted by molar-refractivity contribution is 5.94. The van der Waals surface area contributed by atoms with Gasteiger partial charge in [-0.25, -0.2) is 0 Å². The topological polar surface area (TPSA) is 72.1 Å². The second kappa shape index (κ2) is 4.57. The molecule has 5 nitrogen and oxygen atoms in total. The van der Waals surface area contributed by atoms with Crippen LogP contribution in [0.3, 0.4) is 0 Å². The molecule has 0 bridgehead atoms. The van der Waals surface area contributed by atoms with Crippen LogP contribution in [0.1, 0.15) is 23.7 Å². The van der Waals surface area contributed by atoms with Crippen LogP contribution < -0.4 is 5.73 Å². The molecule has 86 valence electrons. The van der Waals surface area contributed by atoms with Gasteiger partial charge in [0.15, 0.2) is 0 Å². The summed E-state index contributed by atoms with van der Waals surface area (Å²) in [6.45, 7) is 3.45. The molecule has 0 aromatic carbocycles. The Morgan fingerprint density at radius 1 is 1.62 bits per heavy atom. The Morgan fingerprint density at radius 2 is 2.44 bits per heavy atom. The third kappa shape index (κ3) is 2.04. The molecule has 2 unspecified atom stereocenters. The number of hydrogen-bond acceptors (Lipinski definition) is 4. The average molecular weight is 220 g/mol. The minimum atomic E-state index is 0.0263. The Balaban J connectivity index is 2.11. The van der Waals surface area contributed by atoms with Crippen molar-refractivity contribution < 1.29 is 4.79 Å². The predicted molar refractivity (Wildman–Crippen MR) is 59.7 cm³/mol. The molecule has 2 N–H and O–H groups in total. The minimum Gasteiger partial charge on any atom is -0.336 e. The average Bonchev–Trinajstić information content (AvgIpc) is 2.71. The number of nitrogens with two attached hydrogens (primary N) is 1. The first kappa shape index (κ1) is 11.0. The zero-order valence-electron chi connectivity index (χ0n) is 9.34. The molecular weight excluding hydrogens is 204 g/mol. The molecule has 1 amide bonds. The van der Waals surface area contributed by atoms with Gasteiger partial charge in [0, 0.05) is 12.6 Å². The summed E-state index contributed by atoms with van der Waals surface area (Å²) < 4.78 is 0. The van der Waals surface area contributed by atoms with Crippen LogP contribution in [-0.2, 0) is 0 Å². The first-order valence-electron chi connectivity index (χ1n) is 5.50. The summed E-state index contributed by atoms with van der Waals surface area (Å²) >= 11 is 0. The maximum absolute atomic E-state index is 12.1. The van der Waals surface area contributed by atoms with Crippen molar-refractivity contribution in [2.24, 2.45) is 11.7 Å². The lowest BCUT2D eigenvalue weighted by Crippen LogP contribution is -2.34. The Hall–Kier alpha value is -1.49. The fraction of sp³-hybridized carbons (Fsp3) is 0.545. The second-order valence-electron chi connectivity index (χ2n) is 4.28. The van der Waals surface area contributed by atoms with Crippen LogP contribution in [0.4, 0.5) is 0 Å². The van der Waals surface area contributed by atoms with Gasteiger partial charge in [0.2, 0.25) is 0 Å². The normalized spacial score (nSPS) is 24.8. The Bertz CT molecular complexity index is 368. The molecule has 1 aliphatic heterocycles. The smallest absolute Gasteiger partial charge is 0.255 e. The van der Waals surface area contributed by atoms with Crippen molar-refractivity contribution in [3.8, 4) is 0 Å². The van der Waals surface area contributed by atoms with Gasteiger partial charge in [-0.05, 0) is 31.9 Å². The molecule has 16 heavy (non-hydrogen) atoms. The standard InChI is InChI=1S/C11H16N4O/c1-8-4-9(5-12)7-15(8)11(16)10-2-3-13-14-6-10/h2-3,6,8-9H,4-5,7,12H2,1H3. The highest BCUT2D eigenvalue weighted by atomic mass is 16.2. The molecular formula is C11H16N4O. The summed E-state index contributed by atoms with van der Waals surface area (Å²) in [4.78, 5) is 14.0. The van der Waals surface area contributed by atoms with Gasteiger partial charge >= 0.3 is 0 Å². The van der Waals surface area contributed by atoms with Crippen molar-refractivity contribution in [1.82, 2.24) is 15.1 Å². The lowest BCUT2D eigenvalue weighted by Gasteiger charge is -2.21. The van der Waals surface area contributed by atoms with Crippen LogP contribution in [0.2, 0.25) is 0 Å². The highest BCUT2D eigenvalue weighted by Gasteiger charge is 2.32. The SMILES string of the molecule is CC1CC(CN)CN1C(=O)c1ccnnc1. The summed E-state index contributed by atoms with van der Waals surface area (Å²) in [5.74, 6) is 0.451. The molecule has 1 fully saturated rings. The van der Waals surface area contributed by atoms with Gasteiger partial charge in [-0.15, -0.1) is 0 Å². The second-order valence-corrected chi connectivity index (χ2v) is 4.28. The van der Waals surface area contributed by atoms with E-state index in [1.54, 1.807) is 6.07 Å². The van der Waals surface area contributed by atoms with Gasteiger partial charge in [0.05, 0.1) is 18.0 Å². The van der Waals surface area contributed by atoms with Gasteiger partial charge in [-0.2, -0.15) is 10.2 Å². The summed E-state index contributed by atoms with van der Waals surface area (Å²) in [6, 6.07) is 1.95. The quantitative estimate of drug-likeness (QED) is 0.777. The lowest BCUT2D eigenvalue weighted by molar-refractivity contribution is 0.0743. The number of carbonyl (C=O) groups is 1. The number of rotatable bonds is 2. The lowest BCUT2D eigenvalue weighted by atomic mass is 10.1. The van der Waals surface area contributed by atoms with E-state index in [-0.39, 0.29) is 11.9 Å². The van der Waals surface area contributed by atoms with E-state index in [1.165, 1.54) is 12.4 Å². The Labute approximate surface area is 94.6 Å². The molecule has 2 heterocycles. The van der Waals surface area contributed by atoms with E-state index in [0.717, 1.165) is 13.0 Å². The van der Waals surface area contributed by atoms with Crippen LogP contribution in [0, 0.1) is 5.92 Å². The fourth-order valence-corrected chi connectivity index (χ4v) is 2.18. The van der Waals surface area contributed by atoms with Crippen molar-refractivity contribution in [2.45, 2.75) is 19.4 Å². The number of carbonyl (C=O) groups excluding carboxylic acids is 1. The largest absolute Gasteiger partial charge is 0.336 e. The molecule has 0 aliphatic carbocycles. The number of likely N-dealkylation sites (tertiary alicyclic amines) is 1. The van der Waals surface area contributed by atoms with Gasteiger partial charge < -0.3 is 10.6 Å². The van der Waals surface area contributed by atoms with E-state index in [1.807, 2.05) is 4.90 Å². The van der Waals surface area contributed by atoms with Crippen LogP contribution in [0.5, 0.6) is 0 Å². The molecule has 2 atom stereocenters. The monoisotopic (exact) mass is 220 g/mol. The minimum absolute atomic E-state index is 0.0263. The molecule has 1 aliphatic rings. The van der Waals surface area contributed by atoms with Crippen molar-refractivity contribution in [2.75, 3.05) is 13.1 Å². The number of aromatic nitrogens is 2. The van der Waals surface area contributed by atoms with Crippen molar-refractivity contribution in [1.29, 1.82) is 0 Å². The molecule has 0 spiro atoms. The maximum atomic E-state index is 12.1. The van der Waals surface area contributed by atoms with Crippen LogP contribution in [-0.4, -0.2) is 40.1 Å². The van der Waals surface area contributed by atoms with E-state index in [0.29, 0.717) is 18.0 Å². The maximum Gasteiger partial charge on any atom is 0.255 e. The first-order chi connectivity index (χ1) is 7.72. The summed E-state index contributed by atoms with van der Waals surface area (Å²) in [7, 11) is 0. The first-order valence-corrected chi connectivity index (χ1v) is 5.50. The molecule has 5 heteroatoms. The molecule has 1 saturated heterocycles. The van der Waals surface area contributed by atoms with Crippen LogP contribution >= 0.6 is 0 Å². The van der Waals surface area contributed by atoms with Gasteiger partial charge in [0.25, 0.3) is 5.91 Å². The van der Waals surface area contributed by atoms with Crippen LogP contribution in [0.25, 0.3) is 0 Å². The summed E-state index contributed by atoms with van der Waals surface area (Å²) in [6.07, 6.45) is 4.03. The van der Waals surface area contributed by atoms with Crippen molar-refractivity contribution in [3.63, 3.8) is 0 Å². The fourth-order valence-electron chi connectivity index (χ4n) is 2.18. The number of amides is 1. The molecule has 1 aromatic rings. The van der Waals surface area contributed by atoms with Gasteiger partial charge in [-0.1, -0.05) is 0 Å². The summed E-state index contributed by atoms with van der Waals surface area (Å²) in [5, 5.41) is 7.38. The predicted octanol–water partition coefficient (Wildman–Crippen LogP) is 0.286. The third-order valence-electron chi connectivity index (χ3n) is 3.09. The van der Waals surface area contributed by atoms with E-state index in [9.17, 15) is 4.79 Å². The Kier molecular flexibility index (Phi) is 3.14.